The van der Waals surface area contributed by atoms with Crippen molar-refractivity contribution in [1.29, 1.82) is 0 Å². The average Bonchev–Trinajstić information content (AvgIpc) is 3.23. The fourth-order valence-corrected chi connectivity index (χ4v) is 6.50. The fraction of sp³-hybridized carbons (Fsp3) is 0.312. The van der Waals surface area contributed by atoms with Crippen LogP contribution in [-0.2, 0) is 19.6 Å². The molecule has 1 fully saturated rings. The number of halogens is 2. The zero-order valence-electron chi connectivity index (χ0n) is 13.6. The highest BCUT2D eigenvalue weighted by molar-refractivity contribution is 9.11. The third-order valence-corrected chi connectivity index (χ3v) is 7.90. The molecule has 0 saturated carbocycles. The molecule has 1 aliphatic heterocycles. The summed E-state index contributed by atoms with van der Waals surface area (Å²) in [5.41, 5.74) is 0. The highest BCUT2D eigenvalue weighted by Gasteiger charge is 2.46. The first-order valence-corrected chi connectivity index (χ1v) is 10.6. The third-order valence-electron chi connectivity index (χ3n) is 3.93. The molecule has 26 heavy (non-hydrogen) atoms. The molecular formula is C16H15BrFNO5S2. The number of carbonyl (C=O) groups is 1. The minimum atomic E-state index is -3.91. The van der Waals surface area contributed by atoms with E-state index in [1.54, 1.807) is 12.1 Å². The van der Waals surface area contributed by atoms with Crippen molar-refractivity contribution in [3.63, 3.8) is 0 Å². The minimum absolute atomic E-state index is 0.0132. The molecule has 6 nitrogen and oxygen atoms in total. The Kier molecular flexibility index (Phi) is 5.66. The van der Waals surface area contributed by atoms with Gasteiger partial charge in [0.1, 0.15) is 16.4 Å². The van der Waals surface area contributed by atoms with Gasteiger partial charge in [-0.2, -0.15) is 4.31 Å². The number of benzene rings is 1. The van der Waals surface area contributed by atoms with Gasteiger partial charge in [-0.25, -0.2) is 12.8 Å². The van der Waals surface area contributed by atoms with Crippen LogP contribution in [0.1, 0.15) is 6.42 Å². The van der Waals surface area contributed by atoms with Gasteiger partial charge in [-0.1, -0.05) is 12.1 Å². The molecule has 10 heteroatoms. The van der Waals surface area contributed by atoms with Crippen molar-refractivity contribution in [3.8, 4) is 5.75 Å². The van der Waals surface area contributed by atoms with E-state index in [1.165, 1.54) is 31.4 Å². The molecule has 2 heterocycles. The van der Waals surface area contributed by atoms with Crippen molar-refractivity contribution >= 4 is 43.3 Å². The number of para-hydroxylation sites is 1. The molecule has 0 aliphatic carbocycles. The Bertz CT molecular complexity index is 917. The van der Waals surface area contributed by atoms with Gasteiger partial charge in [-0.3, -0.25) is 4.79 Å². The second-order valence-electron chi connectivity index (χ2n) is 5.58. The van der Waals surface area contributed by atoms with Crippen molar-refractivity contribution < 1.29 is 27.1 Å². The van der Waals surface area contributed by atoms with E-state index in [4.69, 9.17) is 9.47 Å². The largest absolute Gasteiger partial charge is 0.486 e. The number of esters is 1. The van der Waals surface area contributed by atoms with Gasteiger partial charge in [0.25, 0.3) is 10.0 Å². The second kappa shape index (κ2) is 7.63. The number of ether oxygens (including phenoxy) is 2. The van der Waals surface area contributed by atoms with Gasteiger partial charge in [0.05, 0.1) is 17.4 Å². The van der Waals surface area contributed by atoms with E-state index < -0.39 is 34.0 Å². The van der Waals surface area contributed by atoms with Crippen LogP contribution in [0.4, 0.5) is 4.39 Å². The predicted octanol–water partition coefficient (Wildman–Crippen LogP) is 3.03. The molecule has 1 aromatic heterocycles. The molecule has 2 unspecified atom stereocenters. The van der Waals surface area contributed by atoms with Gasteiger partial charge in [0, 0.05) is 6.42 Å². The molecule has 0 radical (unpaired) electrons. The summed E-state index contributed by atoms with van der Waals surface area (Å²) in [7, 11) is -2.72. The Hall–Kier alpha value is -1.49. The van der Waals surface area contributed by atoms with Gasteiger partial charge in [0.15, 0.2) is 11.6 Å². The zero-order valence-corrected chi connectivity index (χ0v) is 16.8. The monoisotopic (exact) mass is 463 g/mol. The van der Waals surface area contributed by atoms with Crippen LogP contribution in [0.2, 0.25) is 0 Å². The van der Waals surface area contributed by atoms with E-state index in [9.17, 15) is 17.6 Å². The molecule has 3 rings (SSSR count). The van der Waals surface area contributed by atoms with E-state index in [0.717, 1.165) is 15.6 Å². The lowest BCUT2D eigenvalue weighted by Crippen LogP contribution is -2.40. The minimum Gasteiger partial charge on any atom is -0.486 e. The lowest BCUT2D eigenvalue weighted by Gasteiger charge is -2.20. The van der Waals surface area contributed by atoms with Crippen LogP contribution in [0, 0.1) is 5.82 Å². The number of hydrogen-bond donors (Lipinski definition) is 0. The molecule has 1 aromatic carbocycles. The Balaban J connectivity index is 1.88. The van der Waals surface area contributed by atoms with Crippen LogP contribution < -0.4 is 4.74 Å². The fourth-order valence-electron chi connectivity index (χ4n) is 2.74. The molecule has 0 spiro atoms. The maximum absolute atomic E-state index is 13.8. The number of thiophene rings is 1. The number of rotatable bonds is 5. The van der Waals surface area contributed by atoms with Crippen LogP contribution in [0.15, 0.2) is 44.4 Å². The van der Waals surface area contributed by atoms with Gasteiger partial charge >= 0.3 is 5.97 Å². The highest BCUT2D eigenvalue weighted by Crippen LogP contribution is 2.34. The maximum Gasteiger partial charge on any atom is 0.324 e. The average molecular weight is 464 g/mol. The first-order valence-electron chi connectivity index (χ1n) is 7.59. The Morgan fingerprint density at radius 3 is 2.65 bits per heavy atom. The zero-order chi connectivity index (χ0) is 18.9. The molecule has 2 atom stereocenters. The lowest BCUT2D eigenvalue weighted by atomic mass is 10.2. The van der Waals surface area contributed by atoms with Crippen LogP contribution >= 0.6 is 27.3 Å². The molecule has 0 bridgehead atoms. The van der Waals surface area contributed by atoms with E-state index >= 15 is 0 Å². The summed E-state index contributed by atoms with van der Waals surface area (Å²) in [5, 5.41) is 0. The normalized spacial score (nSPS) is 20.9. The van der Waals surface area contributed by atoms with Crippen molar-refractivity contribution in [1.82, 2.24) is 4.31 Å². The van der Waals surface area contributed by atoms with E-state index in [0.29, 0.717) is 3.79 Å². The van der Waals surface area contributed by atoms with Crippen molar-refractivity contribution in [2.75, 3.05) is 13.7 Å². The van der Waals surface area contributed by atoms with Crippen molar-refractivity contribution in [2.24, 2.45) is 0 Å². The first-order chi connectivity index (χ1) is 12.3. The Morgan fingerprint density at radius 1 is 1.31 bits per heavy atom. The maximum atomic E-state index is 13.8. The topological polar surface area (TPSA) is 72.9 Å². The number of carbonyl (C=O) groups excluding carboxylic acids is 1. The molecule has 1 aliphatic rings. The number of nitrogens with zero attached hydrogens (tertiary/aromatic N) is 1. The van der Waals surface area contributed by atoms with E-state index in [-0.39, 0.29) is 22.9 Å². The van der Waals surface area contributed by atoms with Crippen molar-refractivity contribution in [2.45, 2.75) is 22.8 Å². The summed E-state index contributed by atoms with van der Waals surface area (Å²) in [5.74, 6) is -1.21. The Labute approximate surface area is 162 Å². The van der Waals surface area contributed by atoms with Gasteiger partial charge in [-0.15, -0.1) is 11.3 Å². The summed E-state index contributed by atoms with van der Waals surface area (Å²) < 4.78 is 51.8. The SMILES string of the molecule is COC(=O)C1CC(Oc2ccccc2F)CN1S(=O)(=O)c1ccc(Br)s1. The number of hydrogen-bond acceptors (Lipinski definition) is 6. The quantitative estimate of drug-likeness (QED) is 0.637. The highest BCUT2D eigenvalue weighted by atomic mass is 79.9. The van der Waals surface area contributed by atoms with Crippen LogP contribution in [0.5, 0.6) is 5.75 Å². The summed E-state index contributed by atoms with van der Waals surface area (Å²) in [6.45, 7) is -0.0774. The molecule has 0 amide bonds. The van der Waals surface area contributed by atoms with Crippen LogP contribution in [-0.4, -0.2) is 44.5 Å². The number of methoxy groups -OCH3 is 1. The predicted molar refractivity (Wildman–Crippen MR) is 97.1 cm³/mol. The van der Waals surface area contributed by atoms with Gasteiger partial charge in [-0.05, 0) is 40.2 Å². The summed E-state index contributed by atoms with van der Waals surface area (Å²) in [6.07, 6.45) is -0.596. The first kappa shape index (κ1) is 19.3. The van der Waals surface area contributed by atoms with E-state index in [1.807, 2.05) is 0 Å². The van der Waals surface area contributed by atoms with Gasteiger partial charge in [0.2, 0.25) is 0 Å². The second-order valence-corrected chi connectivity index (χ2v) is 10.2. The van der Waals surface area contributed by atoms with Crippen LogP contribution in [0.25, 0.3) is 0 Å². The van der Waals surface area contributed by atoms with E-state index in [2.05, 4.69) is 15.9 Å². The molecule has 2 aromatic rings. The van der Waals surface area contributed by atoms with Crippen molar-refractivity contribution in [3.05, 3.63) is 46.0 Å². The summed E-state index contributed by atoms with van der Waals surface area (Å²) >= 11 is 4.28. The van der Waals surface area contributed by atoms with Gasteiger partial charge < -0.3 is 9.47 Å². The number of sulfonamides is 1. The Morgan fingerprint density at radius 2 is 2.04 bits per heavy atom. The lowest BCUT2D eigenvalue weighted by molar-refractivity contribution is -0.144. The standard InChI is InChI=1S/C16H15BrFNO5S2/c1-23-16(20)12-8-10(24-13-5-3-2-4-11(13)18)9-19(12)26(21,22)15-7-6-14(17)25-15/h2-7,10,12H,8-9H2,1H3. The molecule has 1 saturated heterocycles. The summed E-state index contributed by atoms with van der Waals surface area (Å²) in [6, 6.07) is 7.90. The molecule has 140 valence electrons. The van der Waals surface area contributed by atoms with Crippen LogP contribution in [0.3, 0.4) is 0 Å². The smallest absolute Gasteiger partial charge is 0.324 e. The summed E-state index contributed by atoms with van der Waals surface area (Å²) in [4.78, 5) is 12.1. The molecular weight excluding hydrogens is 449 g/mol. The third kappa shape index (κ3) is 3.78. The molecule has 0 N–H and O–H groups in total.